The van der Waals surface area contributed by atoms with Crippen LogP contribution in [0.15, 0.2) is 73.1 Å². The Kier molecular flexibility index (Phi) is 11.9. The highest BCUT2D eigenvalue weighted by Gasteiger charge is 2.31. The molecule has 3 aromatic rings. The van der Waals surface area contributed by atoms with Crippen molar-refractivity contribution in [1.29, 1.82) is 0 Å². The average Bonchev–Trinajstić information content (AvgIpc) is 2.95. The monoisotopic (exact) mass is 584 g/mol. The first-order valence-electron chi connectivity index (χ1n) is 13.4. The Balaban J connectivity index is 1.49. The van der Waals surface area contributed by atoms with Crippen LogP contribution >= 0.6 is 0 Å². The number of amides is 2. The smallest absolute Gasteiger partial charge is 0.416 e. The maximum atomic E-state index is 13.2. The van der Waals surface area contributed by atoms with E-state index in [0.717, 1.165) is 17.7 Å². The van der Waals surface area contributed by atoms with Crippen molar-refractivity contribution in [3.05, 3.63) is 95.5 Å². The third kappa shape index (κ3) is 10.5. The summed E-state index contributed by atoms with van der Waals surface area (Å²) in [6.07, 6.45) is 1.67. The zero-order valence-corrected chi connectivity index (χ0v) is 23.8. The number of nitrogens with zero attached hydrogens (tertiary/aromatic N) is 2. The maximum Gasteiger partial charge on any atom is 0.416 e. The Morgan fingerprint density at radius 2 is 1.83 bits per heavy atom. The number of carbonyl (C=O) groups is 2. The number of hydrogen-bond donors (Lipinski definition) is 2. The second-order valence-electron chi connectivity index (χ2n) is 9.70. The number of nitrogens with one attached hydrogen (secondary N) is 2. The van der Waals surface area contributed by atoms with Crippen LogP contribution in [0.4, 0.5) is 13.2 Å². The molecule has 0 spiro atoms. The lowest BCUT2D eigenvalue weighted by Gasteiger charge is -2.16. The van der Waals surface area contributed by atoms with Crippen molar-refractivity contribution in [1.82, 2.24) is 20.5 Å². The molecule has 0 bridgehead atoms. The number of aromatic nitrogens is 1. The van der Waals surface area contributed by atoms with Gasteiger partial charge >= 0.3 is 6.18 Å². The average molecular weight is 585 g/mol. The van der Waals surface area contributed by atoms with E-state index in [9.17, 15) is 22.8 Å². The van der Waals surface area contributed by atoms with Crippen molar-refractivity contribution in [2.75, 3.05) is 34.3 Å². The van der Waals surface area contributed by atoms with E-state index < -0.39 is 11.7 Å². The van der Waals surface area contributed by atoms with E-state index in [-0.39, 0.29) is 30.3 Å². The predicted molar refractivity (Wildman–Crippen MR) is 154 cm³/mol. The van der Waals surface area contributed by atoms with Gasteiger partial charge in [-0.3, -0.25) is 14.6 Å². The second kappa shape index (κ2) is 15.6. The Morgan fingerprint density at radius 3 is 2.57 bits per heavy atom. The molecule has 1 aromatic heterocycles. The first-order valence-corrected chi connectivity index (χ1v) is 13.4. The number of aryl methyl sites for hydroxylation is 1. The van der Waals surface area contributed by atoms with Crippen LogP contribution in [0.5, 0.6) is 17.2 Å². The molecule has 2 N–H and O–H groups in total. The van der Waals surface area contributed by atoms with Crippen molar-refractivity contribution in [2.24, 2.45) is 0 Å². The van der Waals surface area contributed by atoms with Crippen molar-refractivity contribution in [2.45, 2.75) is 31.9 Å². The van der Waals surface area contributed by atoms with Crippen molar-refractivity contribution >= 4 is 11.8 Å². The van der Waals surface area contributed by atoms with Crippen LogP contribution in [0.3, 0.4) is 0 Å². The van der Waals surface area contributed by atoms with Crippen molar-refractivity contribution in [3.8, 4) is 17.2 Å². The summed E-state index contributed by atoms with van der Waals surface area (Å²) in [5.74, 6) is 0.896. The standard InChI is InChI=1S/C31H35F3N4O4/c1-35-30(40)27-21-26(14-16-36-27)42-25-10-4-7-22(19-25)8-6-15-37-29(39)11-5-9-23-20-24(31(32,33)34)12-13-28(23)41-18-17-38(2)3/h4,6-7,10,12-16,19-21H,5,8-9,11,17-18H2,1-3H3,(H,35,40)(H,37,39)/b15-6+. The normalized spacial score (nSPS) is 11.5. The van der Waals surface area contributed by atoms with E-state index in [1.807, 2.05) is 37.2 Å². The number of rotatable bonds is 14. The molecule has 11 heteroatoms. The first kappa shape index (κ1) is 32.1. The van der Waals surface area contributed by atoms with Crippen LogP contribution in [0, 0.1) is 0 Å². The van der Waals surface area contributed by atoms with E-state index in [0.29, 0.717) is 48.8 Å². The molecule has 224 valence electrons. The number of alkyl halides is 3. The van der Waals surface area contributed by atoms with Gasteiger partial charge in [0, 0.05) is 38.5 Å². The molecule has 2 amide bonds. The van der Waals surface area contributed by atoms with Gasteiger partial charge in [-0.2, -0.15) is 13.2 Å². The fourth-order valence-electron chi connectivity index (χ4n) is 3.89. The minimum atomic E-state index is -4.46. The lowest BCUT2D eigenvalue weighted by Crippen LogP contribution is -2.20. The number of allylic oxidation sites excluding steroid dienone is 1. The summed E-state index contributed by atoms with van der Waals surface area (Å²) >= 11 is 0. The number of likely N-dealkylation sites (N-methyl/N-ethyl adjacent to an activating group) is 1. The fourth-order valence-corrected chi connectivity index (χ4v) is 3.89. The number of pyridine rings is 1. The molecule has 0 saturated heterocycles. The highest BCUT2D eigenvalue weighted by atomic mass is 19.4. The summed E-state index contributed by atoms with van der Waals surface area (Å²) in [5, 5.41) is 5.22. The van der Waals surface area contributed by atoms with Gasteiger partial charge in [0.25, 0.3) is 5.91 Å². The van der Waals surface area contributed by atoms with E-state index >= 15 is 0 Å². The molecule has 0 saturated carbocycles. The van der Waals surface area contributed by atoms with Gasteiger partial charge in [0.1, 0.15) is 29.5 Å². The third-order valence-corrected chi connectivity index (χ3v) is 6.07. The van der Waals surface area contributed by atoms with Crippen LogP contribution < -0.4 is 20.1 Å². The first-order chi connectivity index (χ1) is 20.0. The molecule has 0 atom stereocenters. The second-order valence-corrected chi connectivity index (χ2v) is 9.70. The zero-order chi connectivity index (χ0) is 30.5. The summed E-state index contributed by atoms with van der Waals surface area (Å²) in [6.45, 7) is 0.964. The molecule has 0 unspecified atom stereocenters. The van der Waals surface area contributed by atoms with E-state index in [2.05, 4.69) is 15.6 Å². The Hall–Kier alpha value is -4.38. The maximum absolute atomic E-state index is 13.2. The third-order valence-electron chi connectivity index (χ3n) is 6.07. The van der Waals surface area contributed by atoms with Crippen LogP contribution in [0.2, 0.25) is 0 Å². The quantitative estimate of drug-likeness (QED) is 0.264. The van der Waals surface area contributed by atoms with Gasteiger partial charge in [0.15, 0.2) is 0 Å². The molecule has 42 heavy (non-hydrogen) atoms. The molecule has 3 rings (SSSR count). The van der Waals surface area contributed by atoms with Gasteiger partial charge in [-0.05, 0) is 80.9 Å². The van der Waals surface area contributed by atoms with Gasteiger partial charge < -0.3 is 25.0 Å². The zero-order valence-electron chi connectivity index (χ0n) is 23.8. The molecule has 0 aliphatic heterocycles. The molecule has 0 aliphatic rings. The Labute approximate surface area is 243 Å². The van der Waals surface area contributed by atoms with Gasteiger partial charge in [-0.15, -0.1) is 0 Å². The number of carbonyl (C=O) groups excluding carboxylic acids is 2. The van der Waals surface area contributed by atoms with Gasteiger partial charge in [-0.1, -0.05) is 18.2 Å². The van der Waals surface area contributed by atoms with Gasteiger partial charge in [-0.25, -0.2) is 0 Å². The topological polar surface area (TPSA) is 92.8 Å². The minimum Gasteiger partial charge on any atom is -0.492 e. The molecule has 0 aliphatic carbocycles. The minimum absolute atomic E-state index is 0.144. The SMILES string of the molecule is CNC(=O)c1cc(Oc2cccc(C/C=C/NC(=O)CCCc3cc(C(F)(F)F)ccc3OCCN(C)C)c2)ccn1. The molecular formula is C31H35F3N4O4. The fraction of sp³-hybridized carbons (Fsp3) is 0.323. The molecule has 8 nitrogen and oxygen atoms in total. The molecule has 1 heterocycles. The molecule has 2 aromatic carbocycles. The Bertz CT molecular complexity index is 1380. The molecule has 0 fully saturated rings. The highest BCUT2D eigenvalue weighted by Crippen LogP contribution is 2.33. The van der Waals surface area contributed by atoms with Crippen LogP contribution in [0.25, 0.3) is 0 Å². The number of ether oxygens (including phenoxy) is 2. The summed E-state index contributed by atoms with van der Waals surface area (Å²) < 4.78 is 51.3. The summed E-state index contributed by atoms with van der Waals surface area (Å²) in [7, 11) is 5.29. The molecular weight excluding hydrogens is 549 g/mol. The van der Waals surface area contributed by atoms with Crippen molar-refractivity contribution < 1.29 is 32.2 Å². The summed E-state index contributed by atoms with van der Waals surface area (Å²) in [6, 6.07) is 14.0. The van der Waals surface area contributed by atoms with Gasteiger partial charge in [0.2, 0.25) is 5.91 Å². The highest BCUT2D eigenvalue weighted by molar-refractivity contribution is 5.92. The lowest BCUT2D eigenvalue weighted by atomic mass is 10.0. The van der Waals surface area contributed by atoms with Crippen LogP contribution in [-0.4, -0.2) is 56.0 Å². The number of hydrogen-bond acceptors (Lipinski definition) is 6. The predicted octanol–water partition coefficient (Wildman–Crippen LogP) is 5.39. The lowest BCUT2D eigenvalue weighted by molar-refractivity contribution is -0.137. The molecule has 0 radical (unpaired) electrons. The summed E-state index contributed by atoms with van der Waals surface area (Å²) in [4.78, 5) is 30.0. The van der Waals surface area contributed by atoms with E-state index in [4.69, 9.17) is 9.47 Å². The van der Waals surface area contributed by atoms with E-state index in [1.54, 1.807) is 30.5 Å². The van der Waals surface area contributed by atoms with Crippen LogP contribution in [-0.2, 0) is 23.8 Å². The largest absolute Gasteiger partial charge is 0.492 e. The van der Waals surface area contributed by atoms with Crippen molar-refractivity contribution in [3.63, 3.8) is 0 Å². The number of benzene rings is 2. The summed E-state index contributed by atoms with van der Waals surface area (Å²) in [5.41, 5.74) is 0.859. The van der Waals surface area contributed by atoms with E-state index in [1.165, 1.54) is 19.3 Å². The van der Waals surface area contributed by atoms with Gasteiger partial charge in [0.05, 0.1) is 5.56 Å². The van der Waals surface area contributed by atoms with Crippen LogP contribution in [0.1, 0.15) is 40.0 Å². The number of halogens is 3. The Morgan fingerprint density at radius 1 is 1.05 bits per heavy atom.